The van der Waals surface area contributed by atoms with E-state index in [9.17, 15) is 23.6 Å². The van der Waals surface area contributed by atoms with E-state index in [2.05, 4.69) is 10.3 Å². The van der Waals surface area contributed by atoms with E-state index in [1.54, 1.807) is 6.92 Å². The van der Waals surface area contributed by atoms with Crippen LogP contribution in [0.15, 0.2) is 39.8 Å². The van der Waals surface area contributed by atoms with Gasteiger partial charge in [0.05, 0.1) is 12.3 Å². The van der Waals surface area contributed by atoms with Crippen molar-refractivity contribution < 1.29 is 27.9 Å². The molecule has 3 rings (SSSR count). The van der Waals surface area contributed by atoms with E-state index in [4.69, 9.17) is 9.15 Å². The van der Waals surface area contributed by atoms with Crippen molar-refractivity contribution in [3.63, 3.8) is 0 Å². The molecule has 0 saturated heterocycles. The van der Waals surface area contributed by atoms with E-state index in [0.717, 1.165) is 17.0 Å². The number of nitrogens with one attached hydrogen (secondary N) is 2. The molecule has 2 N–H and O–H groups in total. The Morgan fingerprint density at radius 1 is 1.27 bits per heavy atom. The highest BCUT2D eigenvalue weighted by atomic mass is 19.1. The molecule has 156 valence electrons. The van der Waals surface area contributed by atoms with Crippen LogP contribution in [0.5, 0.6) is 0 Å². The van der Waals surface area contributed by atoms with Crippen molar-refractivity contribution in [2.75, 3.05) is 11.9 Å². The monoisotopic (exact) mass is 416 g/mol. The minimum Gasteiger partial charge on any atom is -0.462 e. The van der Waals surface area contributed by atoms with E-state index in [-0.39, 0.29) is 34.7 Å². The quantitative estimate of drug-likeness (QED) is 0.608. The Morgan fingerprint density at radius 2 is 2.00 bits per heavy atom. The number of carbonyl (C=O) groups excluding carboxylic acids is 3. The number of halogens is 1. The molecule has 3 amide bonds. The van der Waals surface area contributed by atoms with Crippen molar-refractivity contribution in [3.8, 4) is 0 Å². The number of para-hydroxylation sites is 1. The van der Waals surface area contributed by atoms with E-state index in [1.807, 2.05) is 5.32 Å². The first-order valence-corrected chi connectivity index (χ1v) is 8.82. The average Bonchev–Trinajstić information content (AvgIpc) is 3.03. The number of rotatable bonds is 5. The van der Waals surface area contributed by atoms with E-state index in [0.29, 0.717) is 0 Å². The fraction of sp³-hybridized carbons (Fsp3) is 0.211. The second-order valence-electron chi connectivity index (χ2n) is 6.09. The van der Waals surface area contributed by atoms with Gasteiger partial charge in [0, 0.05) is 0 Å². The normalized spacial score (nSPS) is 10.6. The van der Waals surface area contributed by atoms with Gasteiger partial charge in [-0.25, -0.2) is 19.0 Å². The first-order chi connectivity index (χ1) is 14.3. The molecule has 0 atom stereocenters. The number of imide groups is 1. The molecule has 11 heteroatoms. The van der Waals surface area contributed by atoms with E-state index >= 15 is 0 Å². The van der Waals surface area contributed by atoms with Crippen molar-refractivity contribution in [1.29, 1.82) is 0 Å². The largest absolute Gasteiger partial charge is 0.462 e. The number of carbonyl (C=O) groups is 3. The molecule has 1 aromatic carbocycles. The Morgan fingerprint density at radius 3 is 2.70 bits per heavy atom. The minimum absolute atomic E-state index is 0.0728. The van der Waals surface area contributed by atoms with Gasteiger partial charge >= 0.3 is 12.0 Å². The van der Waals surface area contributed by atoms with Gasteiger partial charge in [-0.2, -0.15) is 0 Å². The Labute approximate surface area is 168 Å². The second-order valence-corrected chi connectivity index (χ2v) is 6.09. The van der Waals surface area contributed by atoms with Crippen LogP contribution < -0.4 is 16.2 Å². The number of benzene rings is 1. The SMILES string of the molecule is CCOC(=O)c1c(C)oc2ncn(CC(=O)NC(=O)Nc3ccccc3F)c(=O)c12. The number of anilines is 1. The summed E-state index contributed by atoms with van der Waals surface area (Å²) < 4.78 is 24.7. The van der Waals surface area contributed by atoms with Crippen molar-refractivity contribution in [1.82, 2.24) is 14.9 Å². The predicted molar refractivity (Wildman–Crippen MR) is 103 cm³/mol. The Hall–Kier alpha value is -4.02. The lowest BCUT2D eigenvalue weighted by molar-refractivity contribution is -0.120. The second kappa shape index (κ2) is 8.55. The van der Waals surface area contributed by atoms with Gasteiger partial charge in [-0.05, 0) is 26.0 Å². The number of amides is 3. The number of esters is 1. The van der Waals surface area contributed by atoms with Gasteiger partial charge in [-0.3, -0.25) is 19.5 Å². The van der Waals surface area contributed by atoms with E-state index in [1.165, 1.54) is 25.1 Å². The fourth-order valence-electron chi connectivity index (χ4n) is 2.74. The molecule has 30 heavy (non-hydrogen) atoms. The van der Waals surface area contributed by atoms with Crippen LogP contribution in [0, 0.1) is 12.7 Å². The number of fused-ring (bicyclic) bond motifs is 1. The number of aryl methyl sites for hydroxylation is 1. The number of nitrogens with zero attached hydrogens (tertiary/aromatic N) is 2. The van der Waals surface area contributed by atoms with Crippen molar-refractivity contribution in [2.45, 2.75) is 20.4 Å². The van der Waals surface area contributed by atoms with Crippen LogP contribution in [0.25, 0.3) is 11.1 Å². The topological polar surface area (TPSA) is 133 Å². The zero-order valence-electron chi connectivity index (χ0n) is 16.0. The zero-order valence-corrected chi connectivity index (χ0v) is 16.0. The molecule has 3 aromatic rings. The van der Waals surface area contributed by atoms with Gasteiger partial charge < -0.3 is 14.5 Å². The maximum absolute atomic E-state index is 13.6. The average molecular weight is 416 g/mol. The van der Waals surface area contributed by atoms with Crippen LogP contribution >= 0.6 is 0 Å². The molecular weight excluding hydrogens is 399 g/mol. The van der Waals surface area contributed by atoms with Crippen LogP contribution in [-0.2, 0) is 16.1 Å². The number of hydrogen-bond acceptors (Lipinski definition) is 7. The summed E-state index contributed by atoms with van der Waals surface area (Å²) >= 11 is 0. The lowest BCUT2D eigenvalue weighted by Gasteiger charge is -2.08. The molecule has 0 unspecified atom stereocenters. The molecule has 0 aliphatic heterocycles. The first-order valence-electron chi connectivity index (χ1n) is 8.82. The van der Waals surface area contributed by atoms with Gasteiger partial charge in [-0.15, -0.1) is 0 Å². The van der Waals surface area contributed by atoms with Crippen LogP contribution in [-0.4, -0.2) is 34.1 Å². The van der Waals surface area contributed by atoms with Crippen molar-refractivity contribution in [3.05, 3.63) is 58.1 Å². The molecule has 0 aliphatic carbocycles. The highest BCUT2D eigenvalue weighted by molar-refractivity contribution is 6.03. The van der Waals surface area contributed by atoms with E-state index < -0.39 is 35.8 Å². The van der Waals surface area contributed by atoms with Gasteiger partial charge in [-0.1, -0.05) is 12.1 Å². The van der Waals surface area contributed by atoms with Crippen molar-refractivity contribution in [2.24, 2.45) is 0 Å². The van der Waals surface area contributed by atoms with Gasteiger partial charge in [0.1, 0.15) is 35.4 Å². The Kier molecular flexibility index (Phi) is 5.90. The summed E-state index contributed by atoms with van der Waals surface area (Å²) in [6.07, 6.45) is 1.05. The lowest BCUT2D eigenvalue weighted by Crippen LogP contribution is -2.38. The van der Waals surface area contributed by atoms with Crippen LogP contribution in [0.2, 0.25) is 0 Å². The highest BCUT2D eigenvalue weighted by Crippen LogP contribution is 2.21. The first kappa shape index (κ1) is 20.7. The summed E-state index contributed by atoms with van der Waals surface area (Å²) in [6.45, 7) is 2.62. The van der Waals surface area contributed by atoms with Gasteiger partial charge in [0.15, 0.2) is 0 Å². The molecule has 0 bridgehead atoms. The summed E-state index contributed by atoms with van der Waals surface area (Å²) in [5.74, 6) is -2.13. The number of urea groups is 1. The third-order valence-corrected chi connectivity index (χ3v) is 4.02. The van der Waals surface area contributed by atoms with Gasteiger partial charge in [0.25, 0.3) is 5.56 Å². The summed E-state index contributed by atoms with van der Waals surface area (Å²) in [7, 11) is 0. The summed E-state index contributed by atoms with van der Waals surface area (Å²) in [4.78, 5) is 52.9. The molecule has 2 heterocycles. The zero-order chi connectivity index (χ0) is 21.8. The summed E-state index contributed by atoms with van der Waals surface area (Å²) in [6, 6.07) is 4.45. The number of furan rings is 1. The predicted octanol–water partition coefficient (Wildman–Crippen LogP) is 1.96. The standard InChI is InChI=1S/C19H17FN4O6/c1-3-29-18(27)14-10(2)30-16-15(14)17(26)24(9-21-16)8-13(25)23-19(28)22-12-7-5-4-6-11(12)20/h4-7,9H,3,8H2,1-2H3,(H2,22,23,25,28). The minimum atomic E-state index is -0.974. The Balaban J connectivity index is 1.79. The smallest absolute Gasteiger partial charge is 0.342 e. The molecule has 0 saturated carbocycles. The van der Waals surface area contributed by atoms with Crippen molar-refractivity contribution >= 4 is 34.7 Å². The number of aromatic nitrogens is 2. The Bertz CT molecular complexity index is 1200. The lowest BCUT2D eigenvalue weighted by atomic mass is 10.2. The maximum atomic E-state index is 13.6. The summed E-state index contributed by atoms with van der Waals surface area (Å²) in [5, 5.41) is 4.04. The van der Waals surface area contributed by atoms with Crippen LogP contribution in [0.1, 0.15) is 23.0 Å². The summed E-state index contributed by atoms with van der Waals surface area (Å²) in [5.41, 5.74) is -0.980. The third-order valence-electron chi connectivity index (χ3n) is 4.02. The van der Waals surface area contributed by atoms with Crippen LogP contribution in [0.4, 0.5) is 14.9 Å². The van der Waals surface area contributed by atoms with Gasteiger partial charge in [0.2, 0.25) is 11.6 Å². The van der Waals surface area contributed by atoms with Crippen LogP contribution in [0.3, 0.4) is 0 Å². The molecule has 0 aliphatic rings. The third kappa shape index (κ3) is 4.19. The maximum Gasteiger partial charge on any atom is 0.342 e. The molecule has 0 fully saturated rings. The molecule has 10 nitrogen and oxygen atoms in total. The molecule has 0 radical (unpaired) electrons. The number of hydrogen-bond donors (Lipinski definition) is 2. The number of ether oxygens (including phenoxy) is 1. The fourth-order valence-corrected chi connectivity index (χ4v) is 2.74. The molecule has 2 aromatic heterocycles. The molecule has 0 spiro atoms. The highest BCUT2D eigenvalue weighted by Gasteiger charge is 2.24. The molecular formula is C19H17FN4O6.